The van der Waals surface area contributed by atoms with Crippen molar-refractivity contribution in [3.05, 3.63) is 39.8 Å². The van der Waals surface area contributed by atoms with Crippen molar-refractivity contribution in [2.75, 3.05) is 12.4 Å². The quantitative estimate of drug-likeness (QED) is 0.903. The number of nitrogens with one attached hydrogen (secondary N) is 1. The van der Waals surface area contributed by atoms with Crippen LogP contribution >= 0.6 is 11.3 Å². The summed E-state index contributed by atoms with van der Waals surface area (Å²) in [5, 5.41) is 14.1. The van der Waals surface area contributed by atoms with Crippen LogP contribution < -0.4 is 15.2 Å². The number of aromatic carboxylic acids is 1. The average Bonchev–Trinajstić information content (AvgIpc) is 2.89. The van der Waals surface area contributed by atoms with E-state index in [-0.39, 0.29) is 10.8 Å². The van der Waals surface area contributed by atoms with Crippen molar-refractivity contribution in [2.45, 2.75) is 19.8 Å². The molecule has 0 unspecified atom stereocenters. The molecule has 2 rings (SSSR count). The molecule has 0 aliphatic heterocycles. The topological polar surface area (TPSA) is 91.3 Å². The van der Waals surface area contributed by atoms with Gasteiger partial charge in [-0.3, -0.25) is 4.79 Å². The van der Waals surface area contributed by atoms with Crippen molar-refractivity contribution in [2.24, 2.45) is 0 Å². The Kier molecular flexibility index (Phi) is 4.77. The van der Waals surface area contributed by atoms with E-state index in [4.69, 9.17) is 4.74 Å². The van der Waals surface area contributed by atoms with Crippen LogP contribution in [0.5, 0.6) is 5.75 Å². The van der Waals surface area contributed by atoms with Crippen molar-refractivity contribution < 1.29 is 19.4 Å². The van der Waals surface area contributed by atoms with Crippen LogP contribution in [-0.4, -0.2) is 24.0 Å². The Morgan fingerprint density at radius 3 is 2.64 bits per heavy atom. The predicted octanol–water partition coefficient (Wildman–Crippen LogP) is 1.57. The molecule has 116 valence electrons. The number of hydrogen-bond acceptors (Lipinski definition) is 6. The Bertz CT molecular complexity index is 711. The lowest BCUT2D eigenvalue weighted by Gasteiger charge is -2.12. The summed E-state index contributed by atoms with van der Waals surface area (Å²) in [6.45, 7) is 3.25. The van der Waals surface area contributed by atoms with Gasteiger partial charge in [0.1, 0.15) is 10.8 Å². The number of nitrogens with zero attached hydrogens (tertiary/aromatic N) is 1. The zero-order chi connectivity index (χ0) is 16.3. The van der Waals surface area contributed by atoms with Crippen molar-refractivity contribution in [1.29, 1.82) is 0 Å². The van der Waals surface area contributed by atoms with Gasteiger partial charge in [0.25, 0.3) is 0 Å². The smallest absolute Gasteiger partial charge is 0.234 e. The summed E-state index contributed by atoms with van der Waals surface area (Å²) in [5.41, 5.74) is 0.909. The van der Waals surface area contributed by atoms with Gasteiger partial charge >= 0.3 is 0 Å². The first-order chi connectivity index (χ1) is 10.4. The number of para-hydroxylation sites is 2. The molecular formula is C15H15N2O4S-. The number of aryl methyl sites for hydroxylation is 1. The van der Waals surface area contributed by atoms with Gasteiger partial charge in [-0.1, -0.05) is 12.1 Å². The van der Waals surface area contributed by atoms with Crippen molar-refractivity contribution >= 4 is 28.9 Å². The van der Waals surface area contributed by atoms with Crippen LogP contribution in [0.1, 0.15) is 33.2 Å². The van der Waals surface area contributed by atoms with Crippen molar-refractivity contribution in [3.63, 3.8) is 0 Å². The van der Waals surface area contributed by atoms with E-state index in [2.05, 4.69) is 10.3 Å². The van der Waals surface area contributed by atoms with Crippen LogP contribution in [0.25, 0.3) is 0 Å². The number of ether oxygens (including phenoxy) is 1. The molecule has 0 saturated carbocycles. The number of carbonyl (C=O) groups is 2. The number of hydrogen-bond donors (Lipinski definition) is 1. The predicted molar refractivity (Wildman–Crippen MR) is 81.2 cm³/mol. The number of amides is 1. The molecule has 0 aliphatic rings. The second kappa shape index (κ2) is 6.57. The first kappa shape index (κ1) is 16.0. The Balaban J connectivity index is 2.19. The molecule has 1 amide bonds. The maximum absolute atomic E-state index is 12.3. The lowest BCUT2D eigenvalue weighted by molar-refractivity contribution is -0.254. The zero-order valence-corrected chi connectivity index (χ0v) is 13.2. The van der Waals surface area contributed by atoms with Crippen LogP contribution in [0, 0.1) is 6.92 Å². The number of benzene rings is 1. The molecule has 0 aliphatic carbocycles. The number of thiazole rings is 1. The molecule has 2 aromatic rings. The van der Waals surface area contributed by atoms with Gasteiger partial charge in [-0.2, -0.15) is 0 Å². The van der Waals surface area contributed by atoms with Gasteiger partial charge < -0.3 is 20.0 Å². The molecule has 6 nitrogen and oxygen atoms in total. The number of carbonyl (C=O) groups excluding carboxylic acids is 2. The van der Waals surface area contributed by atoms with Gasteiger partial charge in [0.05, 0.1) is 35.3 Å². The highest BCUT2D eigenvalue weighted by Gasteiger charge is 2.21. The zero-order valence-electron chi connectivity index (χ0n) is 12.4. The Morgan fingerprint density at radius 1 is 1.36 bits per heavy atom. The molecule has 1 atom stereocenters. The molecule has 1 N–H and O–H groups in total. The molecule has 1 aromatic carbocycles. The molecule has 0 fully saturated rings. The highest BCUT2D eigenvalue weighted by atomic mass is 32.1. The Morgan fingerprint density at radius 2 is 2.05 bits per heavy atom. The maximum Gasteiger partial charge on any atom is 0.234 e. The highest BCUT2D eigenvalue weighted by Crippen LogP contribution is 2.28. The van der Waals surface area contributed by atoms with Crippen LogP contribution in [0.3, 0.4) is 0 Å². The van der Waals surface area contributed by atoms with Gasteiger partial charge in [-0.15, -0.1) is 11.3 Å². The van der Waals surface area contributed by atoms with E-state index in [1.807, 2.05) is 0 Å². The minimum atomic E-state index is -1.28. The van der Waals surface area contributed by atoms with Gasteiger partial charge in [-0.05, 0) is 26.0 Å². The highest BCUT2D eigenvalue weighted by molar-refractivity contribution is 7.13. The third kappa shape index (κ3) is 3.25. The van der Waals surface area contributed by atoms with Crippen LogP contribution in [0.15, 0.2) is 24.3 Å². The summed E-state index contributed by atoms with van der Waals surface area (Å²) in [6, 6.07) is 7.05. The van der Waals surface area contributed by atoms with Crippen molar-refractivity contribution in [1.82, 2.24) is 4.98 Å². The summed E-state index contributed by atoms with van der Waals surface area (Å²) in [6.07, 6.45) is 0. The average molecular weight is 319 g/mol. The van der Waals surface area contributed by atoms with E-state index < -0.39 is 11.9 Å². The maximum atomic E-state index is 12.3. The number of carboxylic acids is 1. The molecule has 22 heavy (non-hydrogen) atoms. The Labute approximate surface area is 131 Å². The SMILES string of the molecule is COc1ccccc1NC(=O)[C@H](C)c1nc(C)c(C(=O)[O-])s1. The van der Waals surface area contributed by atoms with E-state index in [0.29, 0.717) is 22.1 Å². The molecule has 1 heterocycles. The molecular weight excluding hydrogens is 304 g/mol. The number of methoxy groups -OCH3 is 1. The summed E-state index contributed by atoms with van der Waals surface area (Å²) < 4.78 is 5.17. The second-order valence-corrected chi connectivity index (χ2v) is 5.70. The molecule has 1 aromatic heterocycles. The third-order valence-electron chi connectivity index (χ3n) is 3.13. The largest absolute Gasteiger partial charge is 0.544 e. The summed E-state index contributed by atoms with van der Waals surface area (Å²) in [5.74, 6) is -1.60. The first-order valence-corrected chi connectivity index (χ1v) is 7.38. The van der Waals surface area contributed by atoms with Gasteiger partial charge in [0.15, 0.2) is 0 Å². The molecule has 7 heteroatoms. The van der Waals surface area contributed by atoms with E-state index in [1.54, 1.807) is 38.1 Å². The van der Waals surface area contributed by atoms with E-state index in [1.165, 1.54) is 7.11 Å². The van der Waals surface area contributed by atoms with Crippen LogP contribution in [0.4, 0.5) is 5.69 Å². The summed E-state index contributed by atoms with van der Waals surface area (Å²) in [4.78, 5) is 27.4. The van der Waals surface area contributed by atoms with Gasteiger partial charge in [0, 0.05) is 0 Å². The Hall–Kier alpha value is -2.41. The van der Waals surface area contributed by atoms with E-state index in [0.717, 1.165) is 11.3 Å². The number of aromatic nitrogens is 1. The first-order valence-electron chi connectivity index (χ1n) is 6.56. The minimum Gasteiger partial charge on any atom is -0.544 e. The van der Waals surface area contributed by atoms with Gasteiger partial charge in [0.2, 0.25) is 5.91 Å². The van der Waals surface area contributed by atoms with E-state index >= 15 is 0 Å². The minimum absolute atomic E-state index is 0.0481. The van der Waals surface area contributed by atoms with Crippen LogP contribution in [0.2, 0.25) is 0 Å². The van der Waals surface area contributed by atoms with E-state index in [9.17, 15) is 14.7 Å². The number of anilines is 1. The molecule has 0 saturated heterocycles. The third-order valence-corrected chi connectivity index (χ3v) is 4.45. The lowest BCUT2D eigenvalue weighted by Crippen LogP contribution is -2.21. The lowest BCUT2D eigenvalue weighted by atomic mass is 10.1. The molecule has 0 spiro atoms. The second-order valence-electron chi connectivity index (χ2n) is 4.67. The summed E-state index contributed by atoms with van der Waals surface area (Å²) in [7, 11) is 1.52. The fraction of sp³-hybridized carbons (Fsp3) is 0.267. The monoisotopic (exact) mass is 319 g/mol. The van der Waals surface area contributed by atoms with Crippen LogP contribution in [-0.2, 0) is 4.79 Å². The normalized spacial score (nSPS) is 11.8. The summed E-state index contributed by atoms with van der Waals surface area (Å²) >= 11 is 0.959. The fourth-order valence-electron chi connectivity index (χ4n) is 1.89. The molecule has 0 bridgehead atoms. The number of carboxylic acid groups (broad SMARTS) is 1. The van der Waals surface area contributed by atoms with Gasteiger partial charge in [-0.25, -0.2) is 4.98 Å². The fourth-order valence-corrected chi connectivity index (χ4v) is 2.85. The van der Waals surface area contributed by atoms with Crippen molar-refractivity contribution in [3.8, 4) is 5.75 Å². The standard InChI is InChI=1S/C15H16N2O4S/c1-8(14-16-9(2)12(22-14)15(19)20)13(18)17-10-6-4-5-7-11(10)21-3/h4-8H,1-3H3,(H,17,18)(H,19,20)/p-1/t8-/m0/s1. The molecule has 0 radical (unpaired) electrons. The number of rotatable bonds is 5.